The van der Waals surface area contributed by atoms with Gasteiger partial charge in [0.25, 0.3) is 5.91 Å². The maximum atomic E-state index is 13.0. The molecule has 3 rings (SSSR count). The molecule has 3 aliphatic rings. The second-order valence-corrected chi connectivity index (χ2v) is 7.37. The van der Waals surface area contributed by atoms with E-state index in [1.165, 1.54) is 13.0 Å². The van der Waals surface area contributed by atoms with Crippen LogP contribution in [0.2, 0.25) is 0 Å². The van der Waals surface area contributed by atoms with E-state index in [1.807, 2.05) is 4.90 Å². The summed E-state index contributed by atoms with van der Waals surface area (Å²) < 4.78 is 0. The molecule has 1 saturated heterocycles. The number of hydrogen-bond donors (Lipinski definition) is 0. The smallest absolute Gasteiger partial charge is 0.256 e. The van der Waals surface area contributed by atoms with Gasteiger partial charge in [0.2, 0.25) is 0 Å². The normalized spacial score (nSPS) is 36.1. The van der Waals surface area contributed by atoms with Crippen molar-refractivity contribution in [2.45, 2.75) is 52.5 Å². The van der Waals surface area contributed by atoms with Crippen LogP contribution in [0.3, 0.4) is 0 Å². The summed E-state index contributed by atoms with van der Waals surface area (Å²) in [6.07, 6.45) is 3.01. The topological polar surface area (TPSA) is 35.9 Å². The van der Waals surface area contributed by atoms with E-state index in [1.54, 1.807) is 0 Å². The summed E-state index contributed by atoms with van der Waals surface area (Å²) in [7, 11) is 0. The minimum atomic E-state index is -0.405. The predicted molar refractivity (Wildman–Crippen MR) is 85.3 cm³/mol. The molecule has 0 aromatic heterocycles. The molecule has 118 valence electrons. The maximum Gasteiger partial charge on any atom is 0.256 e. The lowest BCUT2D eigenvalue weighted by Crippen LogP contribution is -2.46. The first-order chi connectivity index (χ1) is 10.0. The zero-order valence-electron chi connectivity index (χ0n) is 13.9. The second-order valence-electron chi connectivity index (χ2n) is 7.37. The van der Waals surface area contributed by atoms with Crippen molar-refractivity contribution in [1.29, 1.82) is 0 Å². The van der Waals surface area contributed by atoms with Crippen LogP contribution in [0.4, 0.5) is 0 Å². The third-order valence-electron chi connectivity index (χ3n) is 5.54. The van der Waals surface area contributed by atoms with Crippen molar-refractivity contribution in [3.05, 3.63) is 0 Å². The minimum absolute atomic E-state index is 0.292. The van der Waals surface area contributed by atoms with Crippen molar-refractivity contribution in [3.8, 4) is 0 Å². The fourth-order valence-electron chi connectivity index (χ4n) is 4.74. The van der Waals surface area contributed by atoms with Crippen LogP contribution in [-0.2, 0) is 4.79 Å². The molecular formula is C17H29N3O. The number of carbonyl (C=O) groups is 1. The Balaban J connectivity index is 1.83. The fourth-order valence-corrected chi connectivity index (χ4v) is 4.74. The number of fused-ring (bicyclic) bond motifs is 2. The lowest BCUT2D eigenvalue weighted by molar-refractivity contribution is -0.132. The summed E-state index contributed by atoms with van der Waals surface area (Å²) in [5.74, 6) is 3.13. The molecule has 1 aliphatic carbocycles. The third-order valence-corrected chi connectivity index (χ3v) is 5.54. The highest BCUT2D eigenvalue weighted by molar-refractivity contribution is 6.08. The molecule has 21 heavy (non-hydrogen) atoms. The van der Waals surface area contributed by atoms with Crippen molar-refractivity contribution in [2.24, 2.45) is 22.7 Å². The molecule has 0 aromatic carbocycles. The van der Waals surface area contributed by atoms with Gasteiger partial charge in [-0.2, -0.15) is 0 Å². The Morgan fingerprint density at radius 2 is 2.10 bits per heavy atom. The molecule has 0 N–H and O–H groups in total. The lowest BCUT2D eigenvalue weighted by atomic mass is 9.85. The number of hydrogen-bond acceptors (Lipinski definition) is 3. The molecule has 2 fully saturated rings. The predicted octanol–water partition coefficient (Wildman–Crippen LogP) is 2.39. The molecular weight excluding hydrogens is 262 g/mol. The van der Waals surface area contributed by atoms with Gasteiger partial charge in [0, 0.05) is 38.5 Å². The average molecular weight is 291 g/mol. The molecule has 2 heterocycles. The van der Waals surface area contributed by atoms with Crippen LogP contribution in [0.15, 0.2) is 4.99 Å². The molecule has 2 aliphatic heterocycles. The van der Waals surface area contributed by atoms with Gasteiger partial charge in [-0.15, -0.1) is 0 Å². The fraction of sp³-hybridized carbons (Fsp3) is 0.882. The van der Waals surface area contributed by atoms with E-state index in [9.17, 15) is 4.79 Å². The summed E-state index contributed by atoms with van der Waals surface area (Å²) in [6, 6.07) is 0. The highest BCUT2D eigenvalue weighted by Crippen LogP contribution is 2.50. The molecule has 1 saturated carbocycles. The monoisotopic (exact) mass is 291 g/mol. The van der Waals surface area contributed by atoms with Crippen LogP contribution >= 0.6 is 0 Å². The molecule has 1 spiro atoms. The summed E-state index contributed by atoms with van der Waals surface area (Å²) in [5, 5.41) is 0. The number of aliphatic imine (C=N–C) groups is 1. The van der Waals surface area contributed by atoms with Gasteiger partial charge in [0.15, 0.2) is 0 Å². The molecule has 0 radical (unpaired) electrons. The van der Waals surface area contributed by atoms with E-state index in [4.69, 9.17) is 4.99 Å². The van der Waals surface area contributed by atoms with Crippen LogP contribution in [0.1, 0.15) is 47.0 Å². The highest BCUT2D eigenvalue weighted by atomic mass is 16.2. The van der Waals surface area contributed by atoms with Crippen LogP contribution in [0, 0.1) is 17.8 Å². The average Bonchev–Trinajstić information content (AvgIpc) is 3.05. The maximum absolute atomic E-state index is 13.0. The molecule has 0 aromatic rings. The quantitative estimate of drug-likeness (QED) is 0.797. The summed E-state index contributed by atoms with van der Waals surface area (Å²) in [4.78, 5) is 22.5. The van der Waals surface area contributed by atoms with Gasteiger partial charge in [-0.1, -0.05) is 20.8 Å². The second kappa shape index (κ2) is 5.38. The lowest BCUT2D eigenvalue weighted by Gasteiger charge is -2.28. The number of likely N-dealkylation sites (tertiary alicyclic amines) is 1. The number of amidine groups is 1. The standard InChI is InChI=1S/C17H29N3O/c1-5-15-18-17(16(21)20(15)6-2)8-7-13-10-19(9-12(3)4)11-14(13)17/h12-14H,5-11H2,1-4H3/t13-,14+,17-/m1/s1. The van der Waals surface area contributed by atoms with E-state index in [2.05, 4.69) is 32.6 Å². The SMILES string of the molecule is CCC1=N[C@@]2(CC[C@@H]3CN(CC(C)C)C[C@@H]32)C(=O)N1CC. The Hall–Kier alpha value is -0.900. The van der Waals surface area contributed by atoms with E-state index in [-0.39, 0.29) is 0 Å². The summed E-state index contributed by atoms with van der Waals surface area (Å²) >= 11 is 0. The van der Waals surface area contributed by atoms with Gasteiger partial charge < -0.3 is 4.90 Å². The van der Waals surface area contributed by atoms with Gasteiger partial charge >= 0.3 is 0 Å². The zero-order chi connectivity index (χ0) is 15.2. The first-order valence-electron chi connectivity index (χ1n) is 8.64. The van der Waals surface area contributed by atoms with Crippen LogP contribution < -0.4 is 0 Å². The van der Waals surface area contributed by atoms with Crippen molar-refractivity contribution < 1.29 is 4.79 Å². The molecule has 3 atom stereocenters. The van der Waals surface area contributed by atoms with Crippen LogP contribution in [-0.4, -0.2) is 53.3 Å². The van der Waals surface area contributed by atoms with Crippen molar-refractivity contribution in [2.75, 3.05) is 26.2 Å². The van der Waals surface area contributed by atoms with Gasteiger partial charge in [-0.3, -0.25) is 14.7 Å². The van der Waals surface area contributed by atoms with Crippen molar-refractivity contribution >= 4 is 11.7 Å². The minimum Gasteiger partial charge on any atom is -0.302 e. The van der Waals surface area contributed by atoms with E-state index in [0.717, 1.165) is 38.3 Å². The van der Waals surface area contributed by atoms with Crippen molar-refractivity contribution in [1.82, 2.24) is 9.80 Å². The van der Waals surface area contributed by atoms with Crippen LogP contribution in [0.25, 0.3) is 0 Å². The number of carbonyl (C=O) groups excluding carboxylic acids is 1. The van der Waals surface area contributed by atoms with E-state index >= 15 is 0 Å². The van der Waals surface area contributed by atoms with Crippen molar-refractivity contribution in [3.63, 3.8) is 0 Å². The number of rotatable bonds is 4. The molecule has 4 heteroatoms. The Labute approximate surface area is 128 Å². The van der Waals surface area contributed by atoms with Gasteiger partial charge in [0.05, 0.1) is 0 Å². The number of likely N-dealkylation sites (N-methyl/N-ethyl adjacent to an activating group) is 1. The van der Waals surface area contributed by atoms with Gasteiger partial charge in [0.1, 0.15) is 11.4 Å². The Bertz CT molecular complexity index is 459. The Kier molecular flexibility index (Phi) is 3.85. The molecule has 4 nitrogen and oxygen atoms in total. The molecule has 0 unspecified atom stereocenters. The Morgan fingerprint density at radius 3 is 2.67 bits per heavy atom. The molecule has 0 bridgehead atoms. The zero-order valence-corrected chi connectivity index (χ0v) is 13.9. The van der Waals surface area contributed by atoms with Gasteiger partial charge in [-0.05, 0) is 31.6 Å². The summed E-state index contributed by atoms with van der Waals surface area (Å²) in [5.41, 5.74) is -0.405. The van der Waals surface area contributed by atoms with Crippen LogP contribution in [0.5, 0.6) is 0 Å². The highest BCUT2D eigenvalue weighted by Gasteiger charge is 2.60. The number of nitrogens with zero attached hydrogens (tertiary/aromatic N) is 3. The van der Waals surface area contributed by atoms with Gasteiger partial charge in [-0.25, -0.2) is 0 Å². The largest absolute Gasteiger partial charge is 0.302 e. The summed E-state index contributed by atoms with van der Waals surface area (Å²) in [6.45, 7) is 12.9. The van der Waals surface area contributed by atoms with E-state index in [0.29, 0.717) is 23.7 Å². The first-order valence-corrected chi connectivity index (χ1v) is 8.64. The Morgan fingerprint density at radius 1 is 1.33 bits per heavy atom. The molecule has 1 amide bonds. The number of amides is 1. The first kappa shape index (κ1) is 15.0. The van der Waals surface area contributed by atoms with E-state index < -0.39 is 5.54 Å². The third kappa shape index (κ3) is 2.23.